The second-order valence-corrected chi connectivity index (χ2v) is 16.6. The van der Waals surface area contributed by atoms with E-state index in [1.807, 2.05) is 102 Å². The molecule has 67 heavy (non-hydrogen) atoms. The van der Waals surface area contributed by atoms with Crippen LogP contribution in [0.15, 0.2) is 115 Å². The summed E-state index contributed by atoms with van der Waals surface area (Å²) in [5.74, 6) is -0.914. The molecule has 4 aromatic rings. The van der Waals surface area contributed by atoms with Crippen molar-refractivity contribution in [2.45, 2.75) is 87.2 Å². The van der Waals surface area contributed by atoms with E-state index >= 15 is 0 Å². The molecule has 12 nitrogen and oxygen atoms in total. The third-order valence-electron chi connectivity index (χ3n) is 10.1. The van der Waals surface area contributed by atoms with Crippen molar-refractivity contribution in [3.8, 4) is 0 Å². The van der Waals surface area contributed by atoms with E-state index in [0.717, 1.165) is 59.7 Å². The van der Waals surface area contributed by atoms with Gasteiger partial charge in [-0.15, -0.1) is 0 Å². The van der Waals surface area contributed by atoms with Crippen molar-refractivity contribution in [3.05, 3.63) is 160 Å². The molecular formula is C55H67NO11. The highest BCUT2D eigenvalue weighted by atomic mass is 16.5. The lowest BCUT2D eigenvalue weighted by molar-refractivity contribution is -0.151. The number of methoxy groups -OCH3 is 2. The molecule has 0 aliphatic heterocycles. The summed E-state index contributed by atoms with van der Waals surface area (Å²) in [7, 11) is 2.81. The van der Waals surface area contributed by atoms with Crippen LogP contribution in [0.1, 0.15) is 128 Å². The number of hydrogen-bond donors (Lipinski definition) is 2. The Balaban J connectivity index is 0.000000457. The number of ether oxygens (including phenoxy) is 3. The standard InChI is InChI=1S/C17H22O3.C16H21NO4.C11H10O2.C11H14O2/c1-13(18)5-6-14-7-9-15(10-8-14)11-12-17(2,3)16(19)20-4;1-16(2,15(19)21-3)11-10-13-6-4-12(5-7-13)8-9-14(18)17-20;1-9(13)2-3-10-4-6-11(8-12)7-5-10;1-3-13-9(2)11-6-4-10(8-12)5-7-11/h5-10H,11-12H2,1-4H3;4-9,20H,10-11H2,1-3H3,(H,17,18);2-8H,1H3;4-9H,3H2,1-2H3/b6-5+;9-8+;3-2+;. The quantitative estimate of drug-likeness (QED) is 0.0300. The number of benzene rings is 4. The van der Waals surface area contributed by atoms with Crippen LogP contribution in [0.5, 0.6) is 0 Å². The minimum Gasteiger partial charge on any atom is -0.469 e. The van der Waals surface area contributed by atoms with Crippen LogP contribution in [0.25, 0.3) is 18.2 Å². The molecule has 1 amide bonds. The highest BCUT2D eigenvalue weighted by Gasteiger charge is 2.29. The molecule has 358 valence electrons. The topological polar surface area (TPSA) is 179 Å². The van der Waals surface area contributed by atoms with E-state index in [2.05, 4.69) is 0 Å². The Morgan fingerprint density at radius 2 is 0.896 bits per heavy atom. The Morgan fingerprint density at radius 3 is 1.21 bits per heavy atom. The molecule has 0 spiro atoms. The third kappa shape index (κ3) is 24.3. The molecule has 0 saturated carbocycles. The molecule has 0 saturated heterocycles. The summed E-state index contributed by atoms with van der Waals surface area (Å²) in [6.45, 7) is 15.2. The first-order chi connectivity index (χ1) is 31.7. The summed E-state index contributed by atoms with van der Waals surface area (Å²) in [5.41, 5.74) is 8.04. The zero-order valence-corrected chi connectivity index (χ0v) is 40.5. The first-order valence-electron chi connectivity index (χ1n) is 21.8. The molecule has 0 aliphatic rings. The summed E-state index contributed by atoms with van der Waals surface area (Å²) in [6, 6.07) is 30.1. The van der Waals surface area contributed by atoms with E-state index in [9.17, 15) is 33.6 Å². The Hall–Kier alpha value is -6.89. The average molecular weight is 918 g/mol. The zero-order chi connectivity index (χ0) is 50.4. The number of hydroxylamine groups is 1. The van der Waals surface area contributed by atoms with E-state index in [-0.39, 0.29) is 29.6 Å². The van der Waals surface area contributed by atoms with Gasteiger partial charge in [0.05, 0.1) is 31.2 Å². The van der Waals surface area contributed by atoms with Gasteiger partial charge < -0.3 is 14.2 Å². The molecule has 0 aromatic heterocycles. The number of ketones is 2. The summed E-state index contributed by atoms with van der Waals surface area (Å²) in [6.07, 6.45) is 14.2. The maximum absolute atomic E-state index is 11.6. The van der Waals surface area contributed by atoms with Crippen molar-refractivity contribution < 1.29 is 53.0 Å². The summed E-state index contributed by atoms with van der Waals surface area (Å²) >= 11 is 0. The largest absolute Gasteiger partial charge is 0.469 e. The van der Waals surface area contributed by atoms with Crippen LogP contribution >= 0.6 is 0 Å². The van der Waals surface area contributed by atoms with Crippen molar-refractivity contribution in [2.24, 2.45) is 10.8 Å². The highest BCUT2D eigenvalue weighted by Crippen LogP contribution is 2.26. The molecule has 12 heteroatoms. The lowest BCUT2D eigenvalue weighted by Crippen LogP contribution is -2.26. The van der Waals surface area contributed by atoms with E-state index in [1.165, 1.54) is 51.3 Å². The van der Waals surface area contributed by atoms with Gasteiger partial charge in [0, 0.05) is 23.8 Å². The molecule has 0 bridgehead atoms. The van der Waals surface area contributed by atoms with Gasteiger partial charge in [-0.05, 0) is 133 Å². The third-order valence-corrected chi connectivity index (χ3v) is 10.1. The maximum Gasteiger partial charge on any atom is 0.311 e. The molecule has 0 heterocycles. The van der Waals surface area contributed by atoms with E-state index in [1.54, 1.807) is 60.7 Å². The summed E-state index contributed by atoms with van der Waals surface area (Å²) in [5, 5.41) is 8.38. The van der Waals surface area contributed by atoms with Crippen LogP contribution in [0.3, 0.4) is 0 Å². The van der Waals surface area contributed by atoms with E-state index < -0.39 is 16.7 Å². The molecule has 4 rings (SSSR count). The van der Waals surface area contributed by atoms with Gasteiger partial charge >= 0.3 is 11.9 Å². The number of allylic oxidation sites excluding steroid dienone is 2. The predicted molar refractivity (Wildman–Crippen MR) is 263 cm³/mol. The number of carbonyl (C=O) groups excluding carboxylic acids is 7. The fraction of sp³-hybridized carbons (Fsp3) is 0.327. The number of rotatable bonds is 19. The van der Waals surface area contributed by atoms with Crippen molar-refractivity contribution in [1.82, 2.24) is 5.48 Å². The summed E-state index contributed by atoms with van der Waals surface area (Å²) in [4.78, 5) is 76.2. The smallest absolute Gasteiger partial charge is 0.311 e. The predicted octanol–water partition coefficient (Wildman–Crippen LogP) is 10.5. The van der Waals surface area contributed by atoms with Crippen molar-refractivity contribution in [1.29, 1.82) is 0 Å². The van der Waals surface area contributed by atoms with Gasteiger partial charge in [-0.1, -0.05) is 109 Å². The number of aryl methyl sites for hydroxylation is 2. The number of carbonyl (C=O) groups is 7. The Labute approximate surface area is 396 Å². The van der Waals surface area contributed by atoms with Crippen LogP contribution in [0.4, 0.5) is 0 Å². The molecule has 0 radical (unpaired) electrons. The van der Waals surface area contributed by atoms with Crippen molar-refractivity contribution in [3.63, 3.8) is 0 Å². The van der Waals surface area contributed by atoms with Crippen LogP contribution < -0.4 is 5.48 Å². The zero-order valence-electron chi connectivity index (χ0n) is 40.5. The monoisotopic (exact) mass is 917 g/mol. The fourth-order valence-electron chi connectivity index (χ4n) is 5.78. The van der Waals surface area contributed by atoms with Gasteiger partial charge in [-0.3, -0.25) is 38.8 Å². The molecule has 4 aromatic carbocycles. The Kier molecular flexibility index (Phi) is 27.0. The Morgan fingerprint density at radius 1 is 0.567 bits per heavy atom. The number of nitrogens with one attached hydrogen (secondary N) is 1. The molecule has 0 fully saturated rings. The minimum absolute atomic E-state index is 0.0134. The molecule has 1 atom stereocenters. The SMILES string of the molecule is CC(=O)/C=C/c1ccc(C=O)cc1.CCOC(C)c1ccc(C=O)cc1.COC(=O)C(C)(C)CCc1ccc(/C=C/C(=O)NO)cc1.COC(=O)C(C)(C)CCc1ccc(/C=C/C(C)=O)cc1. The second-order valence-electron chi connectivity index (χ2n) is 16.6. The van der Waals surface area contributed by atoms with Gasteiger partial charge in [-0.25, -0.2) is 5.48 Å². The molecule has 0 aliphatic carbocycles. The van der Waals surface area contributed by atoms with Crippen molar-refractivity contribution in [2.75, 3.05) is 20.8 Å². The van der Waals surface area contributed by atoms with E-state index in [4.69, 9.17) is 19.4 Å². The molecular weight excluding hydrogens is 851 g/mol. The van der Waals surface area contributed by atoms with Gasteiger partial charge in [0.1, 0.15) is 12.6 Å². The lowest BCUT2D eigenvalue weighted by atomic mass is 9.86. The Bertz CT molecular complexity index is 2250. The lowest BCUT2D eigenvalue weighted by Gasteiger charge is -2.21. The fourth-order valence-corrected chi connectivity index (χ4v) is 5.78. The van der Waals surface area contributed by atoms with Gasteiger partial charge in [-0.2, -0.15) is 0 Å². The first kappa shape index (κ1) is 58.1. The van der Waals surface area contributed by atoms with Gasteiger partial charge in [0.2, 0.25) is 0 Å². The maximum atomic E-state index is 11.6. The number of amides is 1. The average Bonchev–Trinajstić information content (AvgIpc) is 3.33. The van der Waals surface area contributed by atoms with Crippen LogP contribution in [-0.2, 0) is 51.0 Å². The molecule has 1 unspecified atom stereocenters. The highest BCUT2D eigenvalue weighted by molar-refractivity contribution is 5.92. The molecule has 2 N–H and O–H groups in total. The van der Waals surface area contributed by atoms with Crippen LogP contribution in [0.2, 0.25) is 0 Å². The summed E-state index contributed by atoms with van der Waals surface area (Å²) < 4.78 is 15.0. The van der Waals surface area contributed by atoms with Gasteiger partial charge in [0.15, 0.2) is 11.6 Å². The number of esters is 2. The van der Waals surface area contributed by atoms with E-state index in [0.29, 0.717) is 24.2 Å². The van der Waals surface area contributed by atoms with Crippen LogP contribution in [-0.4, -0.2) is 68.0 Å². The second kappa shape index (κ2) is 31.1. The van der Waals surface area contributed by atoms with Crippen molar-refractivity contribution >= 4 is 60.2 Å². The van der Waals surface area contributed by atoms with Crippen LogP contribution in [0, 0.1) is 10.8 Å². The minimum atomic E-state index is -0.570. The normalized spacial score (nSPS) is 11.4. The number of hydrogen-bond acceptors (Lipinski definition) is 11. The van der Waals surface area contributed by atoms with Gasteiger partial charge in [0.25, 0.3) is 5.91 Å². The number of aldehydes is 2. The first-order valence-corrected chi connectivity index (χ1v) is 21.8.